The molecule has 2 aromatic heterocycles. The standard InChI is InChI=1S/C14H12N2S/c1-17-13-5-2-11(3-6-13)12-4-7-14-15-8-9-16(14)10-12/h2-10H,1H3. The van der Waals surface area contributed by atoms with Crippen molar-refractivity contribution in [2.75, 3.05) is 6.26 Å². The summed E-state index contributed by atoms with van der Waals surface area (Å²) in [7, 11) is 0. The summed E-state index contributed by atoms with van der Waals surface area (Å²) >= 11 is 1.76. The maximum absolute atomic E-state index is 4.24. The van der Waals surface area contributed by atoms with Gasteiger partial charge in [0.25, 0.3) is 0 Å². The number of nitrogens with zero attached hydrogens (tertiary/aromatic N) is 2. The second-order valence-electron chi connectivity index (χ2n) is 3.84. The third kappa shape index (κ3) is 1.94. The van der Waals surface area contributed by atoms with Crippen LogP contribution < -0.4 is 0 Å². The number of benzene rings is 1. The van der Waals surface area contributed by atoms with E-state index in [-0.39, 0.29) is 0 Å². The molecule has 0 amide bonds. The van der Waals surface area contributed by atoms with Crippen molar-refractivity contribution in [1.29, 1.82) is 0 Å². The smallest absolute Gasteiger partial charge is 0.136 e. The lowest BCUT2D eigenvalue weighted by atomic mass is 10.1. The first-order valence-corrected chi connectivity index (χ1v) is 6.66. The van der Waals surface area contributed by atoms with Gasteiger partial charge in [-0.05, 0) is 41.6 Å². The van der Waals surface area contributed by atoms with Gasteiger partial charge >= 0.3 is 0 Å². The first-order valence-electron chi connectivity index (χ1n) is 5.44. The fraction of sp³-hybridized carbons (Fsp3) is 0.0714. The maximum atomic E-state index is 4.24. The van der Waals surface area contributed by atoms with Crippen LogP contribution in [-0.4, -0.2) is 15.6 Å². The second-order valence-corrected chi connectivity index (χ2v) is 4.72. The van der Waals surface area contributed by atoms with Crippen molar-refractivity contribution < 1.29 is 0 Å². The molecule has 0 saturated carbocycles. The van der Waals surface area contributed by atoms with Crippen LogP contribution in [0, 0.1) is 0 Å². The molecule has 3 rings (SSSR count). The minimum Gasteiger partial charge on any atom is -0.306 e. The Morgan fingerprint density at radius 3 is 2.53 bits per heavy atom. The average Bonchev–Trinajstić information content (AvgIpc) is 2.86. The minimum absolute atomic E-state index is 0.981. The summed E-state index contributed by atoms with van der Waals surface area (Å²) in [5.41, 5.74) is 3.43. The summed E-state index contributed by atoms with van der Waals surface area (Å²) < 4.78 is 2.04. The van der Waals surface area contributed by atoms with E-state index in [1.54, 1.807) is 11.8 Å². The molecule has 3 aromatic rings. The van der Waals surface area contributed by atoms with Gasteiger partial charge in [0.15, 0.2) is 0 Å². The number of pyridine rings is 1. The highest BCUT2D eigenvalue weighted by Crippen LogP contribution is 2.23. The molecule has 0 aliphatic rings. The predicted molar refractivity (Wildman–Crippen MR) is 72.4 cm³/mol. The molecule has 3 heteroatoms. The van der Waals surface area contributed by atoms with E-state index < -0.39 is 0 Å². The molecule has 0 fully saturated rings. The van der Waals surface area contributed by atoms with Crippen LogP contribution in [0.5, 0.6) is 0 Å². The van der Waals surface area contributed by atoms with E-state index in [2.05, 4.69) is 47.8 Å². The molecule has 0 atom stereocenters. The summed E-state index contributed by atoms with van der Waals surface area (Å²) in [6.07, 6.45) is 7.98. The van der Waals surface area contributed by atoms with Gasteiger partial charge < -0.3 is 4.40 Å². The topological polar surface area (TPSA) is 17.3 Å². The lowest BCUT2D eigenvalue weighted by Crippen LogP contribution is -1.85. The molecule has 1 aromatic carbocycles. The molecule has 0 N–H and O–H groups in total. The van der Waals surface area contributed by atoms with Crippen molar-refractivity contribution in [1.82, 2.24) is 9.38 Å². The number of fused-ring (bicyclic) bond motifs is 1. The van der Waals surface area contributed by atoms with Crippen molar-refractivity contribution in [2.45, 2.75) is 4.90 Å². The molecule has 0 radical (unpaired) electrons. The van der Waals surface area contributed by atoms with Crippen molar-refractivity contribution in [3.05, 3.63) is 55.0 Å². The first-order chi connectivity index (χ1) is 8.36. The highest BCUT2D eigenvalue weighted by molar-refractivity contribution is 7.98. The molecule has 0 bridgehead atoms. The third-order valence-electron chi connectivity index (χ3n) is 2.81. The Morgan fingerprint density at radius 2 is 1.76 bits per heavy atom. The second kappa shape index (κ2) is 4.26. The molecule has 2 heterocycles. The van der Waals surface area contributed by atoms with E-state index in [1.807, 2.05) is 22.9 Å². The minimum atomic E-state index is 0.981. The molecule has 84 valence electrons. The molecule has 17 heavy (non-hydrogen) atoms. The summed E-state index contributed by atoms with van der Waals surface area (Å²) in [4.78, 5) is 5.53. The van der Waals surface area contributed by atoms with Gasteiger partial charge in [0.05, 0.1) is 0 Å². The first kappa shape index (κ1) is 10.4. The largest absolute Gasteiger partial charge is 0.306 e. The van der Waals surface area contributed by atoms with Crippen LogP contribution in [0.3, 0.4) is 0 Å². The molecule has 0 unspecified atom stereocenters. The number of thioether (sulfide) groups is 1. The van der Waals surface area contributed by atoms with Crippen molar-refractivity contribution in [2.24, 2.45) is 0 Å². The van der Waals surface area contributed by atoms with E-state index in [1.165, 1.54) is 16.0 Å². The molecular weight excluding hydrogens is 228 g/mol. The SMILES string of the molecule is CSc1ccc(-c2ccc3nccn3c2)cc1. The van der Waals surface area contributed by atoms with E-state index >= 15 is 0 Å². The van der Waals surface area contributed by atoms with Gasteiger partial charge in [0, 0.05) is 23.5 Å². The van der Waals surface area contributed by atoms with E-state index in [4.69, 9.17) is 0 Å². The molecule has 2 nitrogen and oxygen atoms in total. The lowest BCUT2D eigenvalue weighted by molar-refractivity contribution is 1.19. The Labute approximate surface area is 104 Å². The van der Waals surface area contributed by atoms with Crippen LogP contribution in [0.1, 0.15) is 0 Å². The average molecular weight is 240 g/mol. The third-order valence-corrected chi connectivity index (χ3v) is 3.56. The lowest BCUT2D eigenvalue weighted by Gasteiger charge is -2.03. The Hall–Kier alpha value is -1.74. The predicted octanol–water partition coefficient (Wildman–Crippen LogP) is 3.72. The zero-order chi connectivity index (χ0) is 11.7. The Morgan fingerprint density at radius 1 is 1.00 bits per heavy atom. The molecule has 0 aliphatic carbocycles. The van der Waals surface area contributed by atoms with Crippen molar-refractivity contribution >= 4 is 17.4 Å². The Bertz CT molecular complexity index is 641. The number of hydrogen-bond acceptors (Lipinski definition) is 2. The zero-order valence-corrected chi connectivity index (χ0v) is 10.3. The van der Waals surface area contributed by atoms with Crippen molar-refractivity contribution in [3.63, 3.8) is 0 Å². The van der Waals surface area contributed by atoms with Gasteiger partial charge in [-0.2, -0.15) is 0 Å². The molecule has 0 spiro atoms. The number of rotatable bonds is 2. The van der Waals surface area contributed by atoms with Gasteiger partial charge in [0.2, 0.25) is 0 Å². The van der Waals surface area contributed by atoms with E-state index in [9.17, 15) is 0 Å². The zero-order valence-electron chi connectivity index (χ0n) is 9.50. The van der Waals surface area contributed by atoms with Crippen LogP contribution >= 0.6 is 11.8 Å². The van der Waals surface area contributed by atoms with Crippen LogP contribution in [0.15, 0.2) is 59.9 Å². The fourth-order valence-electron chi connectivity index (χ4n) is 1.87. The van der Waals surface area contributed by atoms with E-state index in [0.717, 1.165) is 5.65 Å². The normalized spacial score (nSPS) is 10.9. The number of hydrogen-bond donors (Lipinski definition) is 0. The maximum Gasteiger partial charge on any atom is 0.136 e. The quantitative estimate of drug-likeness (QED) is 0.635. The highest BCUT2D eigenvalue weighted by Gasteiger charge is 2.00. The molecule has 0 aliphatic heterocycles. The van der Waals surface area contributed by atoms with Crippen molar-refractivity contribution in [3.8, 4) is 11.1 Å². The number of imidazole rings is 1. The summed E-state index contributed by atoms with van der Waals surface area (Å²) in [5.74, 6) is 0. The highest BCUT2D eigenvalue weighted by atomic mass is 32.2. The summed E-state index contributed by atoms with van der Waals surface area (Å²) in [6, 6.07) is 12.8. The van der Waals surface area contributed by atoms with Crippen LogP contribution in [0.4, 0.5) is 0 Å². The van der Waals surface area contributed by atoms with Crippen LogP contribution in [-0.2, 0) is 0 Å². The van der Waals surface area contributed by atoms with Gasteiger partial charge in [0.1, 0.15) is 5.65 Å². The molecule has 0 saturated heterocycles. The summed E-state index contributed by atoms with van der Waals surface area (Å²) in [6.45, 7) is 0. The van der Waals surface area contributed by atoms with Gasteiger partial charge in [-0.15, -0.1) is 11.8 Å². The Balaban J connectivity index is 2.06. The van der Waals surface area contributed by atoms with Crippen LogP contribution in [0.2, 0.25) is 0 Å². The monoisotopic (exact) mass is 240 g/mol. The van der Waals surface area contributed by atoms with Crippen LogP contribution in [0.25, 0.3) is 16.8 Å². The van der Waals surface area contributed by atoms with Gasteiger partial charge in [-0.1, -0.05) is 12.1 Å². The fourth-order valence-corrected chi connectivity index (χ4v) is 2.28. The van der Waals surface area contributed by atoms with Gasteiger partial charge in [-0.25, -0.2) is 4.98 Å². The Kier molecular flexibility index (Phi) is 2.61. The van der Waals surface area contributed by atoms with Gasteiger partial charge in [-0.3, -0.25) is 0 Å². The van der Waals surface area contributed by atoms with E-state index in [0.29, 0.717) is 0 Å². The number of aromatic nitrogens is 2. The molecular formula is C14H12N2S. The summed E-state index contributed by atoms with van der Waals surface area (Å²) in [5, 5.41) is 0.